The van der Waals surface area contributed by atoms with E-state index in [9.17, 15) is 4.79 Å². The van der Waals surface area contributed by atoms with Crippen LogP contribution in [0.4, 0.5) is 10.8 Å². The molecule has 0 aliphatic rings. The van der Waals surface area contributed by atoms with Crippen molar-refractivity contribution >= 4 is 39.8 Å². The van der Waals surface area contributed by atoms with Gasteiger partial charge in [-0.2, -0.15) is 0 Å². The molecule has 6 nitrogen and oxygen atoms in total. The van der Waals surface area contributed by atoms with Gasteiger partial charge in [0.1, 0.15) is 0 Å². The molecule has 0 spiro atoms. The van der Waals surface area contributed by atoms with Gasteiger partial charge >= 0.3 is 0 Å². The highest BCUT2D eigenvalue weighted by Gasteiger charge is 2.18. The molecule has 2 heterocycles. The number of thiazole rings is 1. The summed E-state index contributed by atoms with van der Waals surface area (Å²) in [4.78, 5) is 18.4. The van der Waals surface area contributed by atoms with Crippen molar-refractivity contribution < 1.29 is 9.21 Å². The van der Waals surface area contributed by atoms with Crippen LogP contribution in [0.25, 0.3) is 0 Å². The molecule has 0 bridgehead atoms. The van der Waals surface area contributed by atoms with Crippen molar-refractivity contribution in [2.75, 3.05) is 4.90 Å². The minimum atomic E-state index is -0.0752. The van der Waals surface area contributed by atoms with E-state index in [4.69, 9.17) is 4.42 Å². The van der Waals surface area contributed by atoms with Crippen molar-refractivity contribution in [3.63, 3.8) is 0 Å². The van der Waals surface area contributed by atoms with Crippen molar-refractivity contribution in [3.8, 4) is 0 Å². The Bertz CT molecular complexity index is 1130. The molecule has 1 amide bonds. The molecule has 158 valence electrons. The number of para-hydroxylation sites is 1. The average Bonchev–Trinajstić information content (AvgIpc) is 3.43. The number of amides is 1. The number of thioether (sulfide) groups is 1. The Kier molecular flexibility index (Phi) is 6.79. The number of rotatable bonds is 8. The molecule has 8 heteroatoms. The Labute approximate surface area is 189 Å². The fraction of sp³-hybridized carbons (Fsp3) is 0.217. The van der Waals surface area contributed by atoms with E-state index in [1.165, 1.54) is 28.7 Å². The van der Waals surface area contributed by atoms with Crippen LogP contribution in [-0.4, -0.2) is 21.1 Å². The van der Waals surface area contributed by atoms with Gasteiger partial charge in [0.15, 0.2) is 5.13 Å². The molecule has 0 fully saturated rings. The van der Waals surface area contributed by atoms with Gasteiger partial charge in [0.05, 0.1) is 11.4 Å². The zero-order valence-corrected chi connectivity index (χ0v) is 18.9. The van der Waals surface area contributed by atoms with Gasteiger partial charge in [-0.3, -0.25) is 9.69 Å². The largest absolute Gasteiger partial charge is 0.416 e. The predicted octanol–water partition coefficient (Wildman–Crippen LogP) is 5.85. The quantitative estimate of drug-likeness (QED) is 0.314. The van der Waals surface area contributed by atoms with Gasteiger partial charge in [-0.05, 0) is 23.6 Å². The van der Waals surface area contributed by atoms with Gasteiger partial charge in [0.2, 0.25) is 11.8 Å². The van der Waals surface area contributed by atoms with E-state index in [2.05, 4.69) is 34.2 Å². The van der Waals surface area contributed by atoms with E-state index in [-0.39, 0.29) is 5.91 Å². The molecule has 0 N–H and O–H groups in total. The lowest BCUT2D eigenvalue weighted by atomic mass is 9.98. The summed E-state index contributed by atoms with van der Waals surface area (Å²) < 4.78 is 5.81. The average molecular weight is 451 g/mol. The second-order valence-electron chi connectivity index (χ2n) is 7.08. The molecule has 0 aliphatic carbocycles. The third kappa shape index (κ3) is 5.39. The number of hydrogen-bond donors (Lipinski definition) is 0. The first-order chi connectivity index (χ1) is 15.1. The minimum absolute atomic E-state index is 0.0752. The van der Waals surface area contributed by atoms with Gasteiger partial charge in [-0.1, -0.05) is 67.2 Å². The van der Waals surface area contributed by atoms with Crippen LogP contribution in [0.1, 0.15) is 36.9 Å². The predicted molar refractivity (Wildman–Crippen MR) is 124 cm³/mol. The summed E-state index contributed by atoms with van der Waals surface area (Å²) in [6, 6.07) is 19.8. The Morgan fingerprint density at radius 1 is 1.10 bits per heavy atom. The molecule has 2 aromatic heterocycles. The Balaban J connectivity index is 1.37. The normalized spacial score (nSPS) is 11.9. The summed E-state index contributed by atoms with van der Waals surface area (Å²) in [5.41, 5.74) is 2.92. The summed E-state index contributed by atoms with van der Waals surface area (Å²) in [6.45, 7) is 3.69. The van der Waals surface area contributed by atoms with Gasteiger partial charge in [0.25, 0.3) is 5.22 Å². The van der Waals surface area contributed by atoms with Crippen LogP contribution >= 0.6 is 23.1 Å². The van der Waals surface area contributed by atoms with Gasteiger partial charge < -0.3 is 4.42 Å². The highest BCUT2D eigenvalue weighted by Crippen LogP contribution is 2.31. The first-order valence-electron chi connectivity index (χ1n) is 9.90. The third-order valence-corrected chi connectivity index (χ3v) is 6.43. The van der Waals surface area contributed by atoms with Gasteiger partial charge in [-0.25, -0.2) is 4.98 Å². The topological polar surface area (TPSA) is 72.1 Å². The van der Waals surface area contributed by atoms with Crippen LogP contribution in [0, 0.1) is 0 Å². The number of aromatic nitrogens is 3. The van der Waals surface area contributed by atoms with E-state index in [1.807, 2.05) is 53.9 Å². The Morgan fingerprint density at radius 2 is 1.81 bits per heavy atom. The molecule has 0 saturated heterocycles. The number of nitrogens with zero attached hydrogens (tertiary/aromatic N) is 4. The van der Waals surface area contributed by atoms with E-state index in [0.717, 1.165) is 11.4 Å². The zero-order valence-electron chi connectivity index (χ0n) is 17.3. The smallest absolute Gasteiger partial charge is 0.276 e. The Morgan fingerprint density at radius 3 is 2.52 bits per heavy atom. The summed E-state index contributed by atoms with van der Waals surface area (Å²) in [6.07, 6.45) is 0.697. The van der Waals surface area contributed by atoms with E-state index >= 15 is 0 Å². The maximum atomic E-state index is 12.2. The molecule has 4 aromatic rings. The summed E-state index contributed by atoms with van der Waals surface area (Å²) in [7, 11) is 0. The maximum absolute atomic E-state index is 12.2. The molecule has 0 saturated carbocycles. The lowest BCUT2D eigenvalue weighted by Crippen LogP contribution is -2.22. The molecule has 1 unspecified atom stereocenters. The number of carbonyl (C=O) groups is 1. The zero-order chi connectivity index (χ0) is 21.6. The highest BCUT2D eigenvalue weighted by atomic mass is 32.2. The van der Waals surface area contributed by atoms with Crippen LogP contribution < -0.4 is 4.90 Å². The van der Waals surface area contributed by atoms with Crippen molar-refractivity contribution in [2.24, 2.45) is 0 Å². The second kappa shape index (κ2) is 9.89. The fourth-order valence-corrected chi connectivity index (χ4v) is 4.81. The molecule has 1 atom stereocenters. The SMILES string of the molecule is CC(=O)N(c1ccccc1)c1nc(CSc2nnc(CC(C)c3ccccc3)o2)cs1. The summed E-state index contributed by atoms with van der Waals surface area (Å²) >= 11 is 2.89. The molecule has 4 rings (SSSR count). The van der Waals surface area contributed by atoms with Gasteiger partial charge in [0, 0.05) is 24.5 Å². The lowest BCUT2D eigenvalue weighted by molar-refractivity contribution is -0.115. The monoisotopic (exact) mass is 450 g/mol. The van der Waals surface area contributed by atoms with Crippen LogP contribution in [0.5, 0.6) is 0 Å². The van der Waals surface area contributed by atoms with E-state index < -0.39 is 0 Å². The minimum Gasteiger partial charge on any atom is -0.416 e. The van der Waals surface area contributed by atoms with Crippen molar-refractivity contribution in [1.29, 1.82) is 0 Å². The van der Waals surface area contributed by atoms with Crippen molar-refractivity contribution in [3.05, 3.63) is 83.2 Å². The molecule has 0 aliphatic heterocycles. The lowest BCUT2D eigenvalue weighted by Gasteiger charge is -2.17. The first-order valence-corrected chi connectivity index (χ1v) is 11.8. The molecule has 0 radical (unpaired) electrons. The van der Waals surface area contributed by atoms with Crippen LogP contribution in [0.2, 0.25) is 0 Å². The second-order valence-corrected chi connectivity index (χ2v) is 8.84. The number of anilines is 2. The van der Waals surface area contributed by atoms with Crippen LogP contribution in [0.15, 0.2) is 75.7 Å². The van der Waals surface area contributed by atoms with Crippen molar-refractivity contribution in [1.82, 2.24) is 15.2 Å². The summed E-state index contributed by atoms with van der Waals surface area (Å²) in [5.74, 6) is 1.45. The number of benzene rings is 2. The number of carbonyl (C=O) groups excluding carboxylic acids is 1. The fourth-order valence-electron chi connectivity index (χ4n) is 3.15. The van der Waals surface area contributed by atoms with Crippen LogP contribution in [-0.2, 0) is 17.0 Å². The first kappa shape index (κ1) is 21.3. The molecule has 2 aromatic carbocycles. The molecular formula is C23H22N4O2S2. The number of hydrogen-bond acceptors (Lipinski definition) is 7. The molecular weight excluding hydrogens is 428 g/mol. The molecule has 31 heavy (non-hydrogen) atoms. The van der Waals surface area contributed by atoms with E-state index in [1.54, 1.807) is 11.8 Å². The Hall–Kier alpha value is -2.97. The maximum Gasteiger partial charge on any atom is 0.276 e. The van der Waals surface area contributed by atoms with E-state index in [0.29, 0.717) is 34.3 Å². The van der Waals surface area contributed by atoms with Gasteiger partial charge in [-0.15, -0.1) is 21.5 Å². The van der Waals surface area contributed by atoms with Crippen LogP contribution in [0.3, 0.4) is 0 Å². The highest BCUT2D eigenvalue weighted by molar-refractivity contribution is 7.98. The summed E-state index contributed by atoms with van der Waals surface area (Å²) in [5, 5.41) is 11.5. The standard InChI is InChI=1S/C23H22N4O2S2/c1-16(18-9-5-3-6-10-18)13-21-25-26-23(29-21)31-15-19-14-30-22(24-19)27(17(2)28)20-11-7-4-8-12-20/h3-12,14,16H,13,15H2,1-2H3. The van der Waals surface area contributed by atoms with Crippen molar-refractivity contribution in [2.45, 2.75) is 37.2 Å². The third-order valence-electron chi connectivity index (χ3n) is 4.70.